The second-order valence-electron chi connectivity index (χ2n) is 4.37. The summed E-state index contributed by atoms with van der Waals surface area (Å²) in [5.74, 6) is 0.0777. The molecule has 5 nitrogen and oxygen atoms in total. The molecule has 0 saturated carbocycles. The van der Waals surface area contributed by atoms with E-state index in [4.69, 9.17) is 0 Å². The van der Waals surface area contributed by atoms with Gasteiger partial charge < -0.3 is 15.3 Å². The van der Waals surface area contributed by atoms with Gasteiger partial charge in [-0.2, -0.15) is 0 Å². The van der Waals surface area contributed by atoms with Crippen molar-refractivity contribution < 1.29 is 4.79 Å². The second kappa shape index (κ2) is 5.18. The fourth-order valence-electron chi connectivity index (χ4n) is 2.09. The lowest BCUT2D eigenvalue weighted by molar-refractivity contribution is 0.0917. The Morgan fingerprint density at radius 3 is 2.72 bits per heavy atom. The molecular formula is C13H17N3O2. The number of hydrogen-bond acceptors (Lipinski definition) is 3. The molecule has 0 aliphatic heterocycles. The summed E-state index contributed by atoms with van der Waals surface area (Å²) in [7, 11) is 1.84. The van der Waals surface area contributed by atoms with Gasteiger partial charge in [-0.3, -0.25) is 4.79 Å². The second-order valence-corrected chi connectivity index (χ2v) is 4.37. The van der Waals surface area contributed by atoms with E-state index in [9.17, 15) is 9.59 Å². The molecule has 1 unspecified atom stereocenters. The normalized spacial score (nSPS) is 12.8. The number of fused-ring (bicyclic) bond motifs is 1. The molecular weight excluding hydrogens is 230 g/mol. The number of aromatic nitrogens is 2. The predicted octanol–water partition coefficient (Wildman–Crippen LogP) is 1.28. The van der Waals surface area contributed by atoms with Crippen LogP contribution in [0.5, 0.6) is 0 Å². The zero-order valence-corrected chi connectivity index (χ0v) is 10.5. The van der Waals surface area contributed by atoms with E-state index in [1.807, 2.05) is 14.0 Å². The van der Waals surface area contributed by atoms with Crippen molar-refractivity contribution in [1.29, 1.82) is 0 Å². The minimum Gasteiger partial charge on any atom is -0.319 e. The molecule has 0 spiro atoms. The Kier molecular flexibility index (Phi) is 3.62. The molecule has 0 amide bonds. The number of nitrogens with one attached hydrogen (secondary N) is 3. The Hall–Kier alpha value is -1.88. The molecule has 1 heterocycles. The smallest absolute Gasteiger partial charge is 0.319 e. The number of rotatable bonds is 5. The van der Waals surface area contributed by atoms with Crippen LogP contribution in [-0.2, 0) is 0 Å². The van der Waals surface area contributed by atoms with Crippen molar-refractivity contribution in [3.63, 3.8) is 0 Å². The summed E-state index contributed by atoms with van der Waals surface area (Å²) in [6, 6.07) is 5.24. The lowest BCUT2D eigenvalue weighted by Crippen LogP contribution is -2.25. The van der Waals surface area contributed by atoms with Gasteiger partial charge >= 0.3 is 5.69 Å². The van der Waals surface area contributed by atoms with Crippen LogP contribution in [0.3, 0.4) is 0 Å². The third kappa shape index (κ3) is 2.36. The first-order valence-electron chi connectivity index (χ1n) is 6.06. The van der Waals surface area contributed by atoms with Gasteiger partial charge in [-0.15, -0.1) is 0 Å². The number of benzene rings is 1. The minimum atomic E-state index is -0.253. The van der Waals surface area contributed by atoms with E-state index < -0.39 is 0 Å². The van der Waals surface area contributed by atoms with Crippen LogP contribution in [0.15, 0.2) is 23.0 Å². The van der Waals surface area contributed by atoms with Gasteiger partial charge in [-0.25, -0.2) is 4.79 Å². The maximum Gasteiger partial charge on any atom is 0.323 e. The van der Waals surface area contributed by atoms with Crippen molar-refractivity contribution >= 4 is 16.8 Å². The van der Waals surface area contributed by atoms with E-state index in [0.717, 1.165) is 11.9 Å². The number of imidazole rings is 1. The summed E-state index contributed by atoms with van der Waals surface area (Å²) < 4.78 is 0. The molecule has 2 rings (SSSR count). The van der Waals surface area contributed by atoms with E-state index in [1.165, 1.54) is 0 Å². The van der Waals surface area contributed by atoms with Crippen LogP contribution in [0.2, 0.25) is 0 Å². The molecule has 96 valence electrons. The average molecular weight is 247 g/mol. The Labute approximate surface area is 105 Å². The van der Waals surface area contributed by atoms with Gasteiger partial charge in [-0.05, 0) is 31.7 Å². The number of hydrogen-bond donors (Lipinski definition) is 3. The minimum absolute atomic E-state index is 0.0295. The highest BCUT2D eigenvalue weighted by molar-refractivity contribution is 6.00. The van der Waals surface area contributed by atoms with E-state index in [1.54, 1.807) is 18.2 Å². The van der Waals surface area contributed by atoms with Crippen LogP contribution in [0.1, 0.15) is 23.7 Å². The van der Waals surface area contributed by atoms with Crippen molar-refractivity contribution in [3.05, 3.63) is 34.2 Å². The largest absolute Gasteiger partial charge is 0.323 e. The summed E-state index contributed by atoms with van der Waals surface area (Å²) >= 11 is 0. The SMILES string of the molecule is CCC(CNC)C(=O)c1ccc2[nH]c(=O)[nH]c2c1. The van der Waals surface area contributed by atoms with Gasteiger partial charge in [0.1, 0.15) is 0 Å². The first-order valence-corrected chi connectivity index (χ1v) is 6.06. The van der Waals surface area contributed by atoms with Gasteiger partial charge in [0.05, 0.1) is 11.0 Å². The molecule has 3 N–H and O–H groups in total. The van der Waals surface area contributed by atoms with Crippen molar-refractivity contribution in [2.24, 2.45) is 5.92 Å². The van der Waals surface area contributed by atoms with Crippen LogP contribution < -0.4 is 11.0 Å². The van der Waals surface area contributed by atoms with E-state index in [-0.39, 0.29) is 17.4 Å². The maximum atomic E-state index is 12.3. The number of carbonyl (C=O) groups excluding carboxylic acids is 1. The first-order chi connectivity index (χ1) is 8.65. The number of aromatic amines is 2. The molecule has 18 heavy (non-hydrogen) atoms. The van der Waals surface area contributed by atoms with Crippen molar-refractivity contribution in [3.8, 4) is 0 Å². The standard InChI is InChI=1S/C13H17N3O2/c1-3-8(7-14-2)12(17)9-4-5-10-11(6-9)16-13(18)15-10/h4-6,8,14H,3,7H2,1-2H3,(H2,15,16,18). The molecule has 0 aliphatic rings. The topological polar surface area (TPSA) is 77.8 Å². The van der Waals surface area contributed by atoms with Gasteiger partial charge in [0.2, 0.25) is 0 Å². The van der Waals surface area contributed by atoms with Crippen LogP contribution in [0, 0.1) is 5.92 Å². The summed E-state index contributed by atoms with van der Waals surface area (Å²) in [5, 5.41) is 3.03. The summed E-state index contributed by atoms with van der Waals surface area (Å²) in [5.41, 5.74) is 1.78. The molecule has 0 radical (unpaired) electrons. The van der Waals surface area contributed by atoms with Gasteiger partial charge in [0.25, 0.3) is 0 Å². The molecule has 1 atom stereocenters. The molecule has 5 heteroatoms. The quantitative estimate of drug-likeness (QED) is 0.697. The summed E-state index contributed by atoms with van der Waals surface area (Å²) in [6.45, 7) is 2.66. The average Bonchev–Trinajstić information content (AvgIpc) is 2.74. The fourth-order valence-corrected chi connectivity index (χ4v) is 2.09. The third-order valence-electron chi connectivity index (χ3n) is 3.11. The molecule has 0 fully saturated rings. The molecule has 1 aromatic heterocycles. The van der Waals surface area contributed by atoms with Crippen LogP contribution >= 0.6 is 0 Å². The first kappa shape index (κ1) is 12.6. The highest BCUT2D eigenvalue weighted by Gasteiger charge is 2.17. The number of carbonyl (C=O) groups is 1. The lowest BCUT2D eigenvalue weighted by Gasteiger charge is -2.12. The van der Waals surface area contributed by atoms with Crippen molar-refractivity contribution in [2.45, 2.75) is 13.3 Å². The lowest BCUT2D eigenvalue weighted by atomic mass is 9.95. The summed E-state index contributed by atoms with van der Waals surface area (Å²) in [6.07, 6.45) is 0.793. The zero-order chi connectivity index (χ0) is 13.1. The molecule has 0 aliphatic carbocycles. The molecule has 2 aromatic rings. The van der Waals surface area contributed by atoms with E-state index >= 15 is 0 Å². The number of H-pyrrole nitrogens is 2. The van der Waals surface area contributed by atoms with Gasteiger partial charge in [0, 0.05) is 18.0 Å². The van der Waals surface area contributed by atoms with Crippen LogP contribution in [0.4, 0.5) is 0 Å². The Morgan fingerprint density at radius 2 is 2.06 bits per heavy atom. The molecule has 0 bridgehead atoms. The van der Waals surface area contributed by atoms with Crippen molar-refractivity contribution in [2.75, 3.05) is 13.6 Å². The van der Waals surface area contributed by atoms with Crippen LogP contribution in [0.25, 0.3) is 11.0 Å². The third-order valence-corrected chi connectivity index (χ3v) is 3.11. The molecule has 0 saturated heterocycles. The number of ketones is 1. The highest BCUT2D eigenvalue weighted by Crippen LogP contribution is 2.15. The Morgan fingerprint density at radius 1 is 1.33 bits per heavy atom. The highest BCUT2D eigenvalue weighted by atomic mass is 16.1. The fraction of sp³-hybridized carbons (Fsp3) is 0.385. The van der Waals surface area contributed by atoms with E-state index in [0.29, 0.717) is 17.6 Å². The van der Waals surface area contributed by atoms with Gasteiger partial charge in [0.15, 0.2) is 5.78 Å². The summed E-state index contributed by atoms with van der Waals surface area (Å²) in [4.78, 5) is 28.8. The maximum absolute atomic E-state index is 12.3. The monoisotopic (exact) mass is 247 g/mol. The Balaban J connectivity index is 2.34. The van der Waals surface area contributed by atoms with Crippen molar-refractivity contribution in [1.82, 2.24) is 15.3 Å². The number of Topliss-reactive ketones (excluding diaryl/α,β-unsaturated/α-hetero) is 1. The predicted molar refractivity (Wildman–Crippen MR) is 71.0 cm³/mol. The van der Waals surface area contributed by atoms with Gasteiger partial charge in [-0.1, -0.05) is 6.92 Å². The van der Waals surface area contributed by atoms with Crippen LogP contribution in [-0.4, -0.2) is 29.3 Å². The Bertz CT molecular complexity index is 612. The molecule has 1 aromatic carbocycles. The zero-order valence-electron chi connectivity index (χ0n) is 10.5. The van der Waals surface area contributed by atoms with E-state index in [2.05, 4.69) is 15.3 Å².